The third kappa shape index (κ3) is 6.34. The van der Waals surface area contributed by atoms with Crippen molar-refractivity contribution >= 4 is 18.0 Å². The van der Waals surface area contributed by atoms with Crippen LogP contribution in [0.2, 0.25) is 0 Å². The maximum absolute atomic E-state index is 13.1. The Kier molecular flexibility index (Phi) is 8.20. The molecule has 3 aromatic rings. The number of nitrogens with zero attached hydrogens (tertiary/aromatic N) is 2. The molecule has 0 spiro atoms. The Morgan fingerprint density at radius 2 is 1.46 bits per heavy atom. The van der Waals surface area contributed by atoms with Crippen LogP contribution in [-0.2, 0) is 20.9 Å². The molecule has 1 aliphatic rings. The number of ether oxygens (including phenoxy) is 1. The molecular formula is C29H31N3O5. The highest BCUT2D eigenvalue weighted by atomic mass is 16.5. The normalized spacial score (nSPS) is 12.9. The van der Waals surface area contributed by atoms with Crippen molar-refractivity contribution in [3.8, 4) is 11.1 Å². The number of carboxylic acid groups (broad SMARTS) is 1. The number of likely N-dealkylation sites (N-methyl/N-ethyl adjacent to an activating group) is 2. The fourth-order valence-electron chi connectivity index (χ4n) is 4.79. The molecule has 1 atom stereocenters. The fraction of sp³-hybridized carbons (Fsp3) is 0.276. The lowest BCUT2D eigenvalue weighted by Crippen LogP contribution is -2.53. The molecule has 0 heterocycles. The second-order valence-electron chi connectivity index (χ2n) is 9.29. The number of carbonyl (C=O) groups is 3. The molecular weight excluding hydrogens is 470 g/mol. The van der Waals surface area contributed by atoms with Gasteiger partial charge in [-0.1, -0.05) is 78.9 Å². The van der Waals surface area contributed by atoms with Crippen molar-refractivity contribution in [1.82, 2.24) is 15.1 Å². The molecule has 1 aliphatic carbocycles. The summed E-state index contributed by atoms with van der Waals surface area (Å²) in [5.74, 6) is -1.74. The van der Waals surface area contributed by atoms with Gasteiger partial charge in [0.1, 0.15) is 19.2 Å². The molecule has 0 saturated heterocycles. The summed E-state index contributed by atoms with van der Waals surface area (Å²) in [4.78, 5) is 40.1. The summed E-state index contributed by atoms with van der Waals surface area (Å²) in [6.07, 6.45) is -0.725. The Balaban J connectivity index is 1.44. The van der Waals surface area contributed by atoms with Crippen LogP contribution < -0.4 is 5.32 Å². The van der Waals surface area contributed by atoms with Crippen molar-refractivity contribution in [3.63, 3.8) is 0 Å². The van der Waals surface area contributed by atoms with Gasteiger partial charge < -0.3 is 20.1 Å². The van der Waals surface area contributed by atoms with Gasteiger partial charge in [-0.05, 0) is 34.9 Å². The smallest absolute Gasteiger partial charge is 0.407 e. The number of aliphatic carboxylic acids is 1. The molecule has 0 bridgehead atoms. The standard InChI is InChI=1S/C29H31N3O5/c1-31(16-20-10-4-3-5-11-20)17-26(28(35)32(2)18-27(33)34)30-29(36)37-19-25-23-14-8-6-12-21(23)22-13-7-9-15-24(22)25/h3-15,25-26H,16-19H2,1-2H3,(H,30,36)(H,33,34). The van der Waals surface area contributed by atoms with Crippen LogP contribution in [0.25, 0.3) is 11.1 Å². The molecule has 1 unspecified atom stereocenters. The zero-order chi connectivity index (χ0) is 26.4. The third-order valence-electron chi connectivity index (χ3n) is 6.47. The number of carbonyl (C=O) groups excluding carboxylic acids is 2. The van der Waals surface area contributed by atoms with E-state index in [-0.39, 0.29) is 19.1 Å². The van der Waals surface area contributed by atoms with E-state index in [0.29, 0.717) is 6.54 Å². The second kappa shape index (κ2) is 11.7. The predicted octanol–water partition coefficient (Wildman–Crippen LogP) is 3.57. The van der Waals surface area contributed by atoms with E-state index in [1.807, 2.05) is 78.7 Å². The Hall–Kier alpha value is -4.17. The number of fused-ring (bicyclic) bond motifs is 3. The van der Waals surface area contributed by atoms with Crippen LogP contribution in [0.3, 0.4) is 0 Å². The summed E-state index contributed by atoms with van der Waals surface area (Å²) in [5.41, 5.74) is 5.48. The topological polar surface area (TPSA) is 99.2 Å². The zero-order valence-corrected chi connectivity index (χ0v) is 21.0. The molecule has 4 rings (SSSR count). The maximum Gasteiger partial charge on any atom is 0.407 e. The van der Waals surface area contributed by atoms with Gasteiger partial charge in [0.2, 0.25) is 5.91 Å². The first-order valence-electron chi connectivity index (χ1n) is 12.1. The first-order valence-corrected chi connectivity index (χ1v) is 12.1. The van der Waals surface area contributed by atoms with Crippen molar-refractivity contribution in [1.29, 1.82) is 0 Å². The van der Waals surface area contributed by atoms with Crippen molar-refractivity contribution in [3.05, 3.63) is 95.6 Å². The van der Waals surface area contributed by atoms with Crippen LogP contribution in [0.4, 0.5) is 4.79 Å². The molecule has 37 heavy (non-hydrogen) atoms. The van der Waals surface area contributed by atoms with Gasteiger partial charge in [0.05, 0.1) is 0 Å². The largest absolute Gasteiger partial charge is 0.480 e. The monoisotopic (exact) mass is 501 g/mol. The van der Waals surface area contributed by atoms with E-state index < -0.39 is 30.6 Å². The molecule has 0 fully saturated rings. The van der Waals surface area contributed by atoms with Gasteiger partial charge in [-0.2, -0.15) is 0 Å². The van der Waals surface area contributed by atoms with Crippen LogP contribution in [0, 0.1) is 0 Å². The first-order chi connectivity index (χ1) is 17.8. The fourth-order valence-corrected chi connectivity index (χ4v) is 4.79. The minimum absolute atomic E-state index is 0.109. The summed E-state index contributed by atoms with van der Waals surface area (Å²) in [6, 6.07) is 24.9. The molecule has 192 valence electrons. The van der Waals surface area contributed by atoms with Crippen molar-refractivity contribution in [2.24, 2.45) is 0 Å². The number of amides is 2. The summed E-state index contributed by atoms with van der Waals surface area (Å²) in [7, 11) is 3.24. The summed E-state index contributed by atoms with van der Waals surface area (Å²) in [5, 5.41) is 11.8. The minimum atomic E-state index is -1.13. The summed E-state index contributed by atoms with van der Waals surface area (Å²) < 4.78 is 5.63. The zero-order valence-electron chi connectivity index (χ0n) is 21.0. The van der Waals surface area contributed by atoms with Crippen LogP contribution in [0.15, 0.2) is 78.9 Å². The van der Waals surface area contributed by atoms with E-state index in [1.54, 1.807) is 0 Å². The van der Waals surface area contributed by atoms with Crippen molar-refractivity contribution in [2.75, 3.05) is 33.8 Å². The van der Waals surface area contributed by atoms with E-state index in [1.165, 1.54) is 7.05 Å². The second-order valence-corrected chi connectivity index (χ2v) is 9.29. The SMILES string of the molecule is CN(Cc1ccccc1)CC(NC(=O)OCC1c2ccccc2-c2ccccc21)C(=O)N(C)CC(=O)O. The highest BCUT2D eigenvalue weighted by Crippen LogP contribution is 2.44. The van der Waals surface area contributed by atoms with Crippen LogP contribution >= 0.6 is 0 Å². The molecule has 0 saturated carbocycles. The van der Waals surface area contributed by atoms with E-state index in [2.05, 4.69) is 17.4 Å². The number of rotatable bonds is 10. The maximum atomic E-state index is 13.1. The Bertz CT molecular complexity index is 1220. The van der Waals surface area contributed by atoms with E-state index >= 15 is 0 Å². The van der Waals surface area contributed by atoms with E-state index in [9.17, 15) is 14.4 Å². The molecule has 8 nitrogen and oxygen atoms in total. The molecule has 2 N–H and O–H groups in total. The molecule has 8 heteroatoms. The van der Waals surface area contributed by atoms with Gasteiger partial charge in [-0.25, -0.2) is 4.79 Å². The number of nitrogens with one attached hydrogen (secondary N) is 1. The Labute approximate surface area is 216 Å². The van der Waals surface area contributed by atoms with Gasteiger partial charge in [-0.15, -0.1) is 0 Å². The molecule has 0 radical (unpaired) electrons. The van der Waals surface area contributed by atoms with Gasteiger partial charge in [-0.3, -0.25) is 14.5 Å². The molecule has 0 aromatic heterocycles. The number of carboxylic acids is 1. The molecule has 0 aliphatic heterocycles. The lowest BCUT2D eigenvalue weighted by molar-refractivity contribution is -0.144. The van der Waals surface area contributed by atoms with E-state index in [0.717, 1.165) is 32.7 Å². The van der Waals surface area contributed by atoms with Crippen LogP contribution in [0.5, 0.6) is 0 Å². The van der Waals surface area contributed by atoms with Gasteiger partial charge in [0.25, 0.3) is 0 Å². The number of hydrogen-bond donors (Lipinski definition) is 2. The highest BCUT2D eigenvalue weighted by Gasteiger charge is 2.31. The average molecular weight is 502 g/mol. The van der Waals surface area contributed by atoms with Crippen molar-refractivity contribution < 1.29 is 24.2 Å². The summed E-state index contributed by atoms with van der Waals surface area (Å²) in [6.45, 7) is 0.386. The third-order valence-corrected chi connectivity index (χ3v) is 6.47. The predicted molar refractivity (Wildman–Crippen MR) is 140 cm³/mol. The highest BCUT2D eigenvalue weighted by molar-refractivity contribution is 5.88. The van der Waals surface area contributed by atoms with Gasteiger partial charge in [0.15, 0.2) is 0 Å². The molecule has 3 aromatic carbocycles. The number of alkyl carbamates (subject to hydrolysis) is 1. The van der Waals surface area contributed by atoms with Crippen LogP contribution in [-0.4, -0.2) is 72.7 Å². The number of hydrogen-bond acceptors (Lipinski definition) is 5. The van der Waals surface area contributed by atoms with E-state index in [4.69, 9.17) is 9.84 Å². The minimum Gasteiger partial charge on any atom is -0.480 e. The quantitative estimate of drug-likeness (QED) is 0.441. The van der Waals surface area contributed by atoms with Crippen molar-refractivity contribution in [2.45, 2.75) is 18.5 Å². The lowest BCUT2D eigenvalue weighted by atomic mass is 9.98. The number of benzene rings is 3. The molecule has 2 amide bonds. The van der Waals surface area contributed by atoms with Crippen LogP contribution in [0.1, 0.15) is 22.6 Å². The Morgan fingerprint density at radius 3 is 2.05 bits per heavy atom. The summed E-state index contributed by atoms with van der Waals surface area (Å²) >= 11 is 0. The van der Waals surface area contributed by atoms with Gasteiger partial charge in [0, 0.05) is 26.1 Å². The lowest BCUT2D eigenvalue weighted by Gasteiger charge is -2.27. The average Bonchev–Trinajstić information content (AvgIpc) is 3.20. The Morgan fingerprint density at radius 1 is 0.892 bits per heavy atom. The van der Waals surface area contributed by atoms with Gasteiger partial charge >= 0.3 is 12.1 Å². The first kappa shape index (κ1) is 25.9.